The molecule has 0 amide bonds. The zero-order valence-electron chi connectivity index (χ0n) is 7.82. The van der Waals surface area contributed by atoms with Crippen molar-refractivity contribution in [3.8, 4) is 0 Å². The summed E-state index contributed by atoms with van der Waals surface area (Å²) in [6.45, 7) is 0.217. The maximum Gasteiger partial charge on any atom is 0.337 e. The maximum absolute atomic E-state index is 10.9. The van der Waals surface area contributed by atoms with Gasteiger partial charge in [0.1, 0.15) is 0 Å². The minimum Gasteiger partial charge on any atom is -0.479 e. The van der Waals surface area contributed by atoms with Crippen LogP contribution < -0.4 is 0 Å². The number of ether oxygens (including phenoxy) is 1. The zero-order valence-corrected chi connectivity index (χ0v) is 10.2. The van der Waals surface area contributed by atoms with Crippen LogP contribution in [-0.2, 0) is 9.53 Å². The van der Waals surface area contributed by atoms with E-state index in [2.05, 4.69) is 15.9 Å². The van der Waals surface area contributed by atoms with Crippen LogP contribution in [0.1, 0.15) is 11.7 Å². The van der Waals surface area contributed by atoms with Crippen LogP contribution in [0.15, 0.2) is 28.7 Å². The average molecular weight is 294 g/mol. The molecule has 0 saturated carbocycles. The molecule has 0 aliphatic carbocycles. The summed E-state index contributed by atoms with van der Waals surface area (Å²) in [7, 11) is 0. The molecule has 1 rings (SSSR count). The monoisotopic (exact) mass is 292 g/mol. The first-order valence-electron chi connectivity index (χ1n) is 4.31. The van der Waals surface area contributed by atoms with Crippen molar-refractivity contribution < 1.29 is 14.6 Å². The van der Waals surface area contributed by atoms with Crippen LogP contribution in [0.25, 0.3) is 0 Å². The molecule has 0 heterocycles. The second kappa shape index (κ2) is 6.10. The predicted molar refractivity (Wildman–Crippen MR) is 61.2 cm³/mol. The molecule has 0 radical (unpaired) electrons. The highest BCUT2D eigenvalue weighted by Crippen LogP contribution is 2.20. The summed E-state index contributed by atoms with van der Waals surface area (Å²) in [5.41, 5.74) is 0.607. The topological polar surface area (TPSA) is 46.5 Å². The van der Waals surface area contributed by atoms with E-state index in [1.165, 1.54) is 0 Å². The number of halogens is 2. The summed E-state index contributed by atoms with van der Waals surface area (Å²) in [6, 6.07) is 6.96. The second-order valence-corrected chi connectivity index (χ2v) is 4.12. The van der Waals surface area contributed by atoms with Gasteiger partial charge in [0.05, 0.1) is 6.61 Å². The average Bonchev–Trinajstić information content (AvgIpc) is 2.21. The standard InChI is InChI=1S/C10H10BrClO3/c11-8-3-1-7(2-4-8)9(10(13)14)15-6-5-12/h1-4,9H,5-6H2,(H,13,14). The van der Waals surface area contributed by atoms with Gasteiger partial charge < -0.3 is 9.84 Å². The SMILES string of the molecule is O=C(O)C(OCCCl)c1ccc(Br)cc1. The number of carboxylic acid groups (broad SMARTS) is 1. The summed E-state index contributed by atoms with van der Waals surface area (Å²) in [4.78, 5) is 10.9. The fourth-order valence-corrected chi connectivity index (χ4v) is 1.46. The Hall–Kier alpha value is -0.580. The van der Waals surface area contributed by atoms with Gasteiger partial charge >= 0.3 is 5.97 Å². The van der Waals surface area contributed by atoms with E-state index in [1.54, 1.807) is 24.3 Å². The van der Waals surface area contributed by atoms with Crippen LogP contribution in [0, 0.1) is 0 Å². The zero-order chi connectivity index (χ0) is 11.3. The van der Waals surface area contributed by atoms with Gasteiger partial charge in [0.2, 0.25) is 0 Å². The lowest BCUT2D eigenvalue weighted by Crippen LogP contribution is -2.16. The molecule has 3 nitrogen and oxygen atoms in total. The van der Waals surface area contributed by atoms with E-state index in [-0.39, 0.29) is 12.5 Å². The quantitative estimate of drug-likeness (QED) is 0.849. The van der Waals surface area contributed by atoms with Crippen molar-refractivity contribution in [3.05, 3.63) is 34.3 Å². The van der Waals surface area contributed by atoms with Crippen molar-refractivity contribution in [3.63, 3.8) is 0 Å². The van der Waals surface area contributed by atoms with E-state index < -0.39 is 12.1 Å². The van der Waals surface area contributed by atoms with Gasteiger partial charge in [-0.15, -0.1) is 11.6 Å². The molecule has 0 aliphatic rings. The predicted octanol–water partition coefficient (Wildman–Crippen LogP) is 2.83. The summed E-state index contributed by atoms with van der Waals surface area (Å²) in [6.07, 6.45) is -0.947. The molecule has 1 unspecified atom stereocenters. The van der Waals surface area contributed by atoms with Gasteiger partial charge in [0.15, 0.2) is 6.10 Å². The van der Waals surface area contributed by atoms with Gasteiger partial charge in [0.25, 0.3) is 0 Å². The van der Waals surface area contributed by atoms with Crippen molar-refractivity contribution in [2.24, 2.45) is 0 Å². The highest BCUT2D eigenvalue weighted by molar-refractivity contribution is 9.10. The molecular formula is C10H10BrClO3. The maximum atomic E-state index is 10.9. The lowest BCUT2D eigenvalue weighted by atomic mass is 10.1. The van der Waals surface area contributed by atoms with Gasteiger partial charge in [-0.1, -0.05) is 28.1 Å². The summed E-state index contributed by atoms with van der Waals surface area (Å²) >= 11 is 8.71. The Morgan fingerprint density at radius 1 is 1.47 bits per heavy atom. The lowest BCUT2D eigenvalue weighted by Gasteiger charge is -2.12. The van der Waals surface area contributed by atoms with Crippen LogP contribution in [0.3, 0.4) is 0 Å². The molecule has 0 saturated heterocycles. The Kier molecular flexibility index (Phi) is 5.08. The largest absolute Gasteiger partial charge is 0.479 e. The lowest BCUT2D eigenvalue weighted by molar-refractivity contribution is -0.150. The fourth-order valence-electron chi connectivity index (χ4n) is 1.11. The Morgan fingerprint density at radius 2 is 2.07 bits per heavy atom. The van der Waals surface area contributed by atoms with E-state index in [0.29, 0.717) is 5.56 Å². The number of benzene rings is 1. The Bertz CT molecular complexity index is 326. The van der Waals surface area contributed by atoms with E-state index >= 15 is 0 Å². The molecular weight excluding hydrogens is 283 g/mol. The highest BCUT2D eigenvalue weighted by Gasteiger charge is 2.19. The van der Waals surface area contributed by atoms with Crippen molar-refractivity contribution in [1.82, 2.24) is 0 Å². The van der Waals surface area contributed by atoms with Crippen LogP contribution in [0.2, 0.25) is 0 Å². The first-order chi connectivity index (χ1) is 7.15. The third-order valence-electron chi connectivity index (χ3n) is 1.76. The molecule has 1 atom stereocenters. The van der Waals surface area contributed by atoms with Crippen molar-refractivity contribution in [1.29, 1.82) is 0 Å². The molecule has 82 valence electrons. The van der Waals surface area contributed by atoms with Crippen LogP contribution in [0.5, 0.6) is 0 Å². The molecule has 1 aromatic carbocycles. The van der Waals surface area contributed by atoms with Gasteiger partial charge in [-0.3, -0.25) is 0 Å². The minimum atomic E-state index is -1.01. The molecule has 1 aromatic rings. The van der Waals surface area contributed by atoms with Gasteiger partial charge in [0, 0.05) is 10.4 Å². The number of hydrogen-bond donors (Lipinski definition) is 1. The molecule has 0 spiro atoms. The van der Waals surface area contributed by atoms with Crippen molar-refractivity contribution in [2.45, 2.75) is 6.10 Å². The van der Waals surface area contributed by atoms with E-state index in [4.69, 9.17) is 21.4 Å². The number of carboxylic acids is 1. The molecule has 1 N–H and O–H groups in total. The van der Waals surface area contributed by atoms with E-state index in [0.717, 1.165) is 4.47 Å². The van der Waals surface area contributed by atoms with Gasteiger partial charge in [-0.25, -0.2) is 4.79 Å². The first kappa shape index (κ1) is 12.5. The van der Waals surface area contributed by atoms with Gasteiger partial charge in [-0.2, -0.15) is 0 Å². The highest BCUT2D eigenvalue weighted by atomic mass is 79.9. The second-order valence-electron chi connectivity index (χ2n) is 2.83. The minimum absolute atomic E-state index is 0.217. The fraction of sp³-hybridized carbons (Fsp3) is 0.300. The Balaban J connectivity index is 2.79. The van der Waals surface area contributed by atoms with Crippen molar-refractivity contribution >= 4 is 33.5 Å². The molecule has 0 fully saturated rings. The van der Waals surface area contributed by atoms with E-state index in [9.17, 15) is 4.79 Å². The molecule has 0 aliphatic heterocycles. The molecule has 0 bridgehead atoms. The van der Waals surface area contributed by atoms with Crippen molar-refractivity contribution in [2.75, 3.05) is 12.5 Å². The third-order valence-corrected chi connectivity index (χ3v) is 2.44. The third kappa shape index (κ3) is 3.81. The summed E-state index contributed by atoms with van der Waals surface area (Å²) in [5.74, 6) is -0.734. The normalized spacial score (nSPS) is 12.4. The number of rotatable bonds is 5. The molecule has 5 heteroatoms. The Morgan fingerprint density at radius 3 is 2.53 bits per heavy atom. The van der Waals surface area contributed by atoms with Crippen LogP contribution in [-0.4, -0.2) is 23.6 Å². The van der Waals surface area contributed by atoms with E-state index in [1.807, 2.05) is 0 Å². The van der Waals surface area contributed by atoms with Crippen LogP contribution >= 0.6 is 27.5 Å². The summed E-state index contributed by atoms with van der Waals surface area (Å²) in [5, 5.41) is 8.94. The number of aliphatic carboxylic acids is 1. The smallest absolute Gasteiger partial charge is 0.337 e. The van der Waals surface area contributed by atoms with Crippen LogP contribution in [0.4, 0.5) is 0 Å². The van der Waals surface area contributed by atoms with Gasteiger partial charge in [-0.05, 0) is 17.7 Å². The molecule has 15 heavy (non-hydrogen) atoms. The first-order valence-corrected chi connectivity index (χ1v) is 5.63. The molecule has 0 aromatic heterocycles. The number of carbonyl (C=O) groups is 1. The number of alkyl halides is 1. The summed E-state index contributed by atoms with van der Waals surface area (Å²) < 4.78 is 6.03. The Labute approximate surface area is 101 Å². The number of hydrogen-bond acceptors (Lipinski definition) is 2.